The summed E-state index contributed by atoms with van der Waals surface area (Å²) in [7, 11) is 0. The molecule has 0 bridgehead atoms. The average molecular weight is 339 g/mol. The van der Waals surface area contributed by atoms with E-state index in [0.29, 0.717) is 5.56 Å². The third-order valence-corrected chi connectivity index (χ3v) is 4.48. The lowest BCUT2D eigenvalue weighted by Crippen LogP contribution is -2.20. The number of benzene rings is 3. The van der Waals surface area contributed by atoms with Gasteiger partial charge in [0, 0.05) is 5.56 Å². The van der Waals surface area contributed by atoms with Crippen molar-refractivity contribution in [3.05, 3.63) is 77.4 Å². The maximum absolute atomic E-state index is 12.0. The van der Waals surface area contributed by atoms with Gasteiger partial charge < -0.3 is 5.73 Å². The summed E-state index contributed by atoms with van der Waals surface area (Å²) in [5.41, 5.74) is 9.94. The van der Waals surface area contributed by atoms with Gasteiger partial charge >= 0.3 is 0 Å². The van der Waals surface area contributed by atoms with E-state index in [2.05, 4.69) is 11.4 Å². The fourth-order valence-corrected chi connectivity index (χ4v) is 3.18. The zero-order valence-corrected chi connectivity index (χ0v) is 13.6. The van der Waals surface area contributed by atoms with Crippen molar-refractivity contribution in [2.45, 2.75) is 0 Å². The smallest absolute Gasteiger partial charge is 0.261 e. The predicted molar refractivity (Wildman–Crippen MR) is 98.2 cm³/mol. The number of carbonyl (C=O) groups excluding carboxylic acids is 2. The van der Waals surface area contributed by atoms with Crippen molar-refractivity contribution in [1.82, 2.24) is 5.32 Å². The molecule has 0 radical (unpaired) electrons. The van der Waals surface area contributed by atoms with Crippen molar-refractivity contribution >= 4 is 17.5 Å². The first-order valence-corrected chi connectivity index (χ1v) is 7.98. The molecule has 0 aromatic heterocycles. The summed E-state index contributed by atoms with van der Waals surface area (Å²) in [5.74, 6) is -1.06. The molecular formula is C21H13N3O2. The second-order valence-corrected chi connectivity index (χ2v) is 5.97. The van der Waals surface area contributed by atoms with Crippen LogP contribution in [0.3, 0.4) is 0 Å². The number of nitrogens with zero attached hydrogens (tertiary/aromatic N) is 1. The van der Waals surface area contributed by atoms with Gasteiger partial charge in [-0.05, 0) is 22.8 Å². The van der Waals surface area contributed by atoms with Gasteiger partial charge in [0.1, 0.15) is 6.07 Å². The minimum Gasteiger partial charge on any atom is -0.397 e. The second kappa shape index (κ2) is 5.87. The van der Waals surface area contributed by atoms with Crippen molar-refractivity contribution in [2.24, 2.45) is 0 Å². The number of anilines is 1. The highest BCUT2D eigenvalue weighted by atomic mass is 16.2. The molecule has 5 heteroatoms. The molecule has 0 aliphatic carbocycles. The van der Waals surface area contributed by atoms with E-state index in [4.69, 9.17) is 5.73 Å². The summed E-state index contributed by atoms with van der Waals surface area (Å²) in [6.45, 7) is 0. The van der Waals surface area contributed by atoms with E-state index in [0.717, 1.165) is 16.7 Å². The van der Waals surface area contributed by atoms with Gasteiger partial charge in [0.2, 0.25) is 0 Å². The van der Waals surface area contributed by atoms with Crippen LogP contribution in [0.15, 0.2) is 60.7 Å². The third kappa shape index (κ3) is 2.33. The molecule has 0 saturated carbocycles. The van der Waals surface area contributed by atoms with E-state index < -0.39 is 11.8 Å². The number of fused-ring (bicyclic) bond motifs is 1. The standard InChI is InChI=1S/C21H13N3O2/c22-11-17-15(10-16-18(19(17)23)21(26)24-20(16)25)14-8-6-13(7-9-14)12-4-2-1-3-5-12/h1-10H,23H2,(H,24,25,26). The lowest BCUT2D eigenvalue weighted by molar-refractivity contribution is 0.0880. The number of nitrogens with one attached hydrogen (secondary N) is 1. The molecule has 0 saturated heterocycles. The van der Waals surface area contributed by atoms with Crippen molar-refractivity contribution in [2.75, 3.05) is 5.73 Å². The fourth-order valence-electron chi connectivity index (χ4n) is 3.18. The van der Waals surface area contributed by atoms with Gasteiger partial charge in [-0.3, -0.25) is 14.9 Å². The van der Waals surface area contributed by atoms with Crippen molar-refractivity contribution < 1.29 is 9.59 Å². The zero-order chi connectivity index (χ0) is 18.3. The molecule has 0 fully saturated rings. The van der Waals surface area contributed by atoms with Crippen molar-refractivity contribution in [3.63, 3.8) is 0 Å². The van der Waals surface area contributed by atoms with Crippen LogP contribution in [-0.4, -0.2) is 11.8 Å². The van der Waals surface area contributed by atoms with Crippen LogP contribution >= 0.6 is 0 Å². The Kier molecular flexibility index (Phi) is 3.52. The molecule has 3 aromatic carbocycles. The van der Waals surface area contributed by atoms with Crippen molar-refractivity contribution in [3.8, 4) is 28.3 Å². The molecule has 124 valence electrons. The van der Waals surface area contributed by atoms with Crippen LogP contribution in [0.5, 0.6) is 0 Å². The zero-order valence-electron chi connectivity index (χ0n) is 13.6. The molecule has 2 amide bonds. The first-order chi connectivity index (χ1) is 12.6. The molecule has 1 aliphatic rings. The highest BCUT2D eigenvalue weighted by molar-refractivity contribution is 6.24. The van der Waals surface area contributed by atoms with Gasteiger partial charge in [0.15, 0.2) is 0 Å². The molecular weight excluding hydrogens is 326 g/mol. The van der Waals surface area contributed by atoms with E-state index in [1.807, 2.05) is 54.6 Å². The normalized spacial score (nSPS) is 12.4. The largest absolute Gasteiger partial charge is 0.397 e. The first-order valence-electron chi connectivity index (χ1n) is 7.98. The Hall–Kier alpha value is -3.91. The Morgan fingerprint density at radius 2 is 1.42 bits per heavy atom. The molecule has 4 rings (SSSR count). The second-order valence-electron chi connectivity index (χ2n) is 5.97. The van der Waals surface area contributed by atoms with Crippen molar-refractivity contribution in [1.29, 1.82) is 5.26 Å². The average Bonchev–Trinajstić information content (AvgIpc) is 2.96. The first kappa shape index (κ1) is 15.6. The number of hydrogen-bond donors (Lipinski definition) is 2. The minimum absolute atomic E-state index is 0.0375. The quantitative estimate of drug-likeness (QED) is 0.553. The number of nitriles is 1. The molecule has 0 unspecified atom stereocenters. The van der Waals surface area contributed by atoms with Crippen LogP contribution in [0, 0.1) is 11.3 Å². The molecule has 5 nitrogen and oxygen atoms in total. The number of carbonyl (C=O) groups is 2. The molecule has 0 atom stereocenters. The lowest BCUT2D eigenvalue weighted by atomic mass is 9.92. The Morgan fingerprint density at radius 1 is 0.808 bits per heavy atom. The van der Waals surface area contributed by atoms with Crippen LogP contribution in [-0.2, 0) is 0 Å². The summed E-state index contributed by atoms with van der Waals surface area (Å²) >= 11 is 0. The molecule has 3 N–H and O–H groups in total. The van der Waals surface area contributed by atoms with Gasteiger partial charge in [-0.25, -0.2) is 0 Å². The fraction of sp³-hybridized carbons (Fsp3) is 0. The highest BCUT2D eigenvalue weighted by Crippen LogP contribution is 2.35. The summed E-state index contributed by atoms with van der Waals surface area (Å²) in [4.78, 5) is 23.9. The summed E-state index contributed by atoms with van der Waals surface area (Å²) in [6.07, 6.45) is 0. The van der Waals surface area contributed by atoms with Gasteiger partial charge in [-0.2, -0.15) is 5.26 Å². The number of imide groups is 1. The van der Waals surface area contributed by atoms with Gasteiger partial charge in [0.25, 0.3) is 11.8 Å². The maximum atomic E-state index is 12.0. The monoisotopic (exact) mass is 339 g/mol. The third-order valence-electron chi connectivity index (χ3n) is 4.48. The van der Waals surface area contributed by atoms with Crippen LogP contribution in [0.4, 0.5) is 5.69 Å². The Morgan fingerprint density at radius 3 is 2.08 bits per heavy atom. The lowest BCUT2D eigenvalue weighted by Gasteiger charge is -2.11. The molecule has 1 heterocycles. The number of rotatable bonds is 2. The number of nitrogens with two attached hydrogens (primary N) is 1. The van der Waals surface area contributed by atoms with Crippen LogP contribution in [0.2, 0.25) is 0 Å². The van der Waals surface area contributed by atoms with E-state index in [9.17, 15) is 14.9 Å². The summed E-state index contributed by atoms with van der Waals surface area (Å²) in [6, 6.07) is 21.2. The van der Waals surface area contributed by atoms with E-state index in [1.54, 1.807) is 6.07 Å². The number of nitrogen functional groups attached to an aromatic ring is 1. The Balaban J connectivity index is 1.85. The molecule has 3 aromatic rings. The van der Waals surface area contributed by atoms with E-state index in [1.165, 1.54) is 0 Å². The number of hydrogen-bond acceptors (Lipinski definition) is 4. The van der Waals surface area contributed by atoms with Crippen LogP contribution < -0.4 is 11.1 Å². The number of amides is 2. The maximum Gasteiger partial charge on any atom is 0.261 e. The van der Waals surface area contributed by atoms with Gasteiger partial charge in [0.05, 0.1) is 22.4 Å². The highest BCUT2D eigenvalue weighted by Gasteiger charge is 2.32. The predicted octanol–water partition coefficient (Wildman–Crippen LogP) is 3.36. The van der Waals surface area contributed by atoms with Crippen LogP contribution in [0.25, 0.3) is 22.3 Å². The van der Waals surface area contributed by atoms with Gasteiger partial charge in [-0.15, -0.1) is 0 Å². The molecule has 0 spiro atoms. The minimum atomic E-state index is -0.565. The summed E-state index contributed by atoms with van der Waals surface area (Å²) in [5, 5.41) is 11.7. The molecule has 1 aliphatic heterocycles. The summed E-state index contributed by atoms with van der Waals surface area (Å²) < 4.78 is 0. The van der Waals surface area contributed by atoms with E-state index >= 15 is 0 Å². The van der Waals surface area contributed by atoms with Gasteiger partial charge in [-0.1, -0.05) is 54.6 Å². The Bertz CT molecular complexity index is 1090. The van der Waals surface area contributed by atoms with E-state index in [-0.39, 0.29) is 22.4 Å². The molecule has 26 heavy (non-hydrogen) atoms. The SMILES string of the molecule is N#Cc1c(-c2ccc(-c3ccccc3)cc2)cc2c(c1N)C(=O)NC2=O. The van der Waals surface area contributed by atoms with Crippen LogP contribution in [0.1, 0.15) is 26.3 Å². The Labute approximate surface area is 149 Å². The topological polar surface area (TPSA) is 96.0 Å².